The lowest BCUT2D eigenvalue weighted by Gasteiger charge is -2.14. The lowest BCUT2D eigenvalue weighted by molar-refractivity contribution is -0.141. The van der Waals surface area contributed by atoms with Crippen molar-refractivity contribution in [2.24, 2.45) is 5.92 Å². The van der Waals surface area contributed by atoms with Crippen LogP contribution in [0.15, 0.2) is 24.3 Å². The number of halogens is 8. The van der Waals surface area contributed by atoms with Crippen LogP contribution in [0.4, 0.5) is 37.7 Å². The lowest BCUT2D eigenvalue weighted by Crippen LogP contribution is -2.21. The SMILES string of the molecule is CC(C)C(=O)Nc1ccc(Cl)nc1C(F)(F)F.Nc1ccc(Cl)nc1C(F)(F)F. The van der Waals surface area contributed by atoms with Crippen molar-refractivity contribution in [3.63, 3.8) is 0 Å². The number of anilines is 2. The number of nitrogens with one attached hydrogen (secondary N) is 1. The van der Waals surface area contributed by atoms with Gasteiger partial charge in [0.2, 0.25) is 5.91 Å². The molecule has 0 saturated carbocycles. The maximum atomic E-state index is 12.6. The van der Waals surface area contributed by atoms with Crippen LogP contribution in [0.5, 0.6) is 0 Å². The Bertz CT molecular complexity index is 871. The lowest BCUT2D eigenvalue weighted by atomic mass is 10.2. The Morgan fingerprint density at radius 3 is 1.79 bits per heavy atom. The van der Waals surface area contributed by atoms with Crippen LogP contribution in [0.25, 0.3) is 0 Å². The van der Waals surface area contributed by atoms with Crippen molar-refractivity contribution < 1.29 is 31.1 Å². The Hall–Kier alpha value is -2.27. The van der Waals surface area contributed by atoms with Crippen molar-refractivity contribution in [3.05, 3.63) is 46.0 Å². The van der Waals surface area contributed by atoms with Crippen molar-refractivity contribution in [3.8, 4) is 0 Å². The summed E-state index contributed by atoms with van der Waals surface area (Å²) in [5, 5.41) is 1.66. The zero-order valence-corrected chi connectivity index (χ0v) is 16.3. The van der Waals surface area contributed by atoms with E-state index in [-0.39, 0.29) is 16.0 Å². The zero-order chi connectivity index (χ0) is 22.6. The third-order valence-electron chi connectivity index (χ3n) is 3.07. The van der Waals surface area contributed by atoms with Crippen LogP contribution in [-0.2, 0) is 17.1 Å². The largest absolute Gasteiger partial charge is 0.435 e. The molecule has 1 amide bonds. The van der Waals surface area contributed by atoms with Gasteiger partial charge in [0.15, 0.2) is 11.4 Å². The second-order valence-electron chi connectivity index (χ2n) is 5.74. The van der Waals surface area contributed by atoms with Gasteiger partial charge in [-0.05, 0) is 24.3 Å². The Balaban J connectivity index is 0.000000308. The fraction of sp³-hybridized carbons (Fsp3) is 0.312. The molecule has 0 atom stereocenters. The molecule has 3 N–H and O–H groups in total. The highest BCUT2D eigenvalue weighted by Gasteiger charge is 2.36. The minimum Gasteiger partial charge on any atom is -0.397 e. The van der Waals surface area contributed by atoms with Gasteiger partial charge in [0, 0.05) is 5.92 Å². The first-order valence-corrected chi connectivity index (χ1v) is 8.42. The molecule has 5 nitrogen and oxygen atoms in total. The zero-order valence-electron chi connectivity index (χ0n) is 14.8. The van der Waals surface area contributed by atoms with Crippen LogP contribution in [-0.4, -0.2) is 15.9 Å². The van der Waals surface area contributed by atoms with Gasteiger partial charge in [0.1, 0.15) is 10.3 Å². The summed E-state index contributed by atoms with van der Waals surface area (Å²) in [7, 11) is 0. The number of pyridine rings is 2. The molecule has 2 aromatic heterocycles. The molecule has 0 aromatic carbocycles. The molecular formula is C16H14Cl2F6N4O. The van der Waals surface area contributed by atoms with Crippen LogP contribution in [0, 0.1) is 5.92 Å². The van der Waals surface area contributed by atoms with Gasteiger partial charge in [-0.2, -0.15) is 26.3 Å². The van der Waals surface area contributed by atoms with E-state index < -0.39 is 41.3 Å². The number of nitrogens with zero attached hydrogens (tertiary/aromatic N) is 2. The molecule has 0 fully saturated rings. The van der Waals surface area contributed by atoms with Crippen LogP contribution in [0.3, 0.4) is 0 Å². The van der Waals surface area contributed by atoms with E-state index in [0.29, 0.717) is 0 Å². The molecular weight excluding hydrogens is 449 g/mol. The number of rotatable bonds is 2. The van der Waals surface area contributed by atoms with E-state index in [1.54, 1.807) is 13.8 Å². The summed E-state index contributed by atoms with van der Waals surface area (Å²) in [6, 6.07) is 4.54. The van der Waals surface area contributed by atoms with Crippen LogP contribution >= 0.6 is 23.2 Å². The van der Waals surface area contributed by atoms with Crippen molar-refractivity contribution in [1.82, 2.24) is 9.97 Å². The van der Waals surface area contributed by atoms with Gasteiger partial charge >= 0.3 is 12.4 Å². The van der Waals surface area contributed by atoms with Gasteiger partial charge in [-0.3, -0.25) is 4.79 Å². The summed E-state index contributed by atoms with van der Waals surface area (Å²) in [6.45, 7) is 3.15. The number of nitrogen functional groups attached to an aromatic ring is 1. The summed E-state index contributed by atoms with van der Waals surface area (Å²) < 4.78 is 73.9. The average molecular weight is 463 g/mol. The third-order valence-corrected chi connectivity index (χ3v) is 3.49. The number of nitrogens with two attached hydrogens (primary N) is 1. The summed E-state index contributed by atoms with van der Waals surface area (Å²) in [6.07, 6.45) is -9.21. The highest BCUT2D eigenvalue weighted by Crippen LogP contribution is 2.34. The van der Waals surface area contributed by atoms with Gasteiger partial charge in [-0.15, -0.1) is 0 Å². The molecule has 29 heavy (non-hydrogen) atoms. The number of carbonyl (C=O) groups excluding carboxylic acids is 1. The average Bonchev–Trinajstić information content (AvgIpc) is 2.57. The summed E-state index contributed by atoms with van der Waals surface area (Å²) in [5.74, 6) is -0.939. The second kappa shape index (κ2) is 9.49. The molecule has 0 aliphatic heterocycles. The van der Waals surface area contributed by atoms with Crippen LogP contribution in [0.2, 0.25) is 10.3 Å². The molecule has 160 valence electrons. The first kappa shape index (κ1) is 24.8. The first-order valence-electron chi connectivity index (χ1n) is 7.66. The maximum Gasteiger partial charge on any atom is 0.435 e. The van der Waals surface area contributed by atoms with E-state index in [9.17, 15) is 31.1 Å². The molecule has 2 aromatic rings. The summed E-state index contributed by atoms with van der Waals surface area (Å²) in [4.78, 5) is 17.6. The predicted molar refractivity (Wildman–Crippen MR) is 96.4 cm³/mol. The Morgan fingerprint density at radius 1 is 0.931 bits per heavy atom. The second-order valence-corrected chi connectivity index (χ2v) is 6.52. The van der Waals surface area contributed by atoms with Crippen LogP contribution < -0.4 is 11.1 Å². The molecule has 0 aliphatic rings. The smallest absolute Gasteiger partial charge is 0.397 e. The van der Waals surface area contributed by atoms with Crippen molar-refractivity contribution in [1.29, 1.82) is 0 Å². The highest BCUT2D eigenvalue weighted by molar-refractivity contribution is 6.29. The van der Waals surface area contributed by atoms with E-state index in [0.717, 1.165) is 12.1 Å². The fourth-order valence-corrected chi connectivity index (χ4v) is 2.00. The van der Waals surface area contributed by atoms with Gasteiger partial charge in [0.25, 0.3) is 0 Å². The Labute approximate surface area is 171 Å². The molecule has 2 heterocycles. The van der Waals surface area contributed by atoms with E-state index in [2.05, 4.69) is 15.3 Å². The Kier molecular flexibility index (Phi) is 8.10. The fourth-order valence-electron chi connectivity index (χ4n) is 1.70. The summed E-state index contributed by atoms with van der Waals surface area (Å²) in [5.41, 5.74) is 1.88. The molecule has 0 spiro atoms. The molecule has 0 radical (unpaired) electrons. The van der Waals surface area contributed by atoms with Gasteiger partial charge < -0.3 is 11.1 Å². The number of amides is 1. The molecule has 0 saturated heterocycles. The number of carbonyl (C=O) groups is 1. The third kappa shape index (κ3) is 7.58. The number of alkyl halides is 6. The first-order chi connectivity index (χ1) is 13.1. The van der Waals surface area contributed by atoms with E-state index >= 15 is 0 Å². The Morgan fingerprint density at radius 2 is 1.38 bits per heavy atom. The molecule has 0 aliphatic carbocycles. The highest BCUT2D eigenvalue weighted by atomic mass is 35.5. The minimum atomic E-state index is -4.66. The van der Waals surface area contributed by atoms with Crippen LogP contribution in [0.1, 0.15) is 25.2 Å². The minimum absolute atomic E-state index is 0.225. The monoisotopic (exact) mass is 462 g/mol. The molecule has 13 heteroatoms. The molecule has 0 bridgehead atoms. The predicted octanol–water partition coefficient (Wildman–Crippen LogP) is 5.68. The summed E-state index contributed by atoms with van der Waals surface area (Å²) >= 11 is 10.7. The normalized spacial score (nSPS) is 11.7. The molecule has 2 rings (SSSR count). The van der Waals surface area contributed by atoms with Crippen molar-refractivity contribution in [2.75, 3.05) is 11.1 Å². The quantitative estimate of drug-likeness (QED) is 0.444. The van der Waals surface area contributed by atoms with E-state index in [1.807, 2.05) is 0 Å². The maximum absolute atomic E-state index is 12.6. The van der Waals surface area contributed by atoms with Gasteiger partial charge in [0.05, 0.1) is 11.4 Å². The van der Waals surface area contributed by atoms with Crippen molar-refractivity contribution in [2.45, 2.75) is 26.2 Å². The van der Waals surface area contributed by atoms with Gasteiger partial charge in [-0.1, -0.05) is 37.0 Å². The van der Waals surface area contributed by atoms with Gasteiger partial charge in [-0.25, -0.2) is 9.97 Å². The number of aromatic nitrogens is 2. The number of hydrogen-bond acceptors (Lipinski definition) is 4. The molecule has 0 unspecified atom stereocenters. The van der Waals surface area contributed by atoms with E-state index in [1.165, 1.54) is 12.1 Å². The van der Waals surface area contributed by atoms with Crippen molar-refractivity contribution >= 4 is 40.5 Å². The topological polar surface area (TPSA) is 80.9 Å². The van der Waals surface area contributed by atoms with E-state index in [4.69, 9.17) is 28.9 Å². The number of hydrogen-bond donors (Lipinski definition) is 2. The standard InChI is InChI=1S/C10H10ClF3N2O.C6H4ClF3N2/c1-5(2)9(17)15-6-3-4-7(11)16-8(6)10(12,13)14;7-4-2-1-3(11)5(12-4)6(8,9)10/h3-5H,1-2H3,(H,15,17);1-2H,11H2.